The number of benzene rings is 1. The fraction of sp³-hybridized carbons (Fsp3) is 0.357. The number of aliphatic carboxylic acids is 2. The molecule has 0 aromatic heterocycles. The molecule has 0 spiro atoms. The van der Waals surface area contributed by atoms with Crippen molar-refractivity contribution in [2.75, 3.05) is 5.32 Å². The summed E-state index contributed by atoms with van der Waals surface area (Å²) in [4.78, 5) is 33.6. The number of hydrogen-bond donors (Lipinski definition) is 4. The lowest BCUT2D eigenvalue weighted by Gasteiger charge is -2.19. The molecule has 0 heterocycles. The monoisotopic (exact) mass is 362 g/mol. The average molecular weight is 363 g/mol. The lowest BCUT2D eigenvalue weighted by molar-refractivity contribution is -0.143. The number of carboxylic acid groups (broad SMARTS) is 2. The van der Waals surface area contributed by atoms with Gasteiger partial charge in [0.2, 0.25) is 5.91 Å². The minimum Gasteiger partial charge on any atom is -0.481 e. The number of carbonyl (C=O) groups is 3. The molecule has 0 aliphatic heterocycles. The van der Waals surface area contributed by atoms with Gasteiger partial charge in [-0.1, -0.05) is 23.2 Å². The molecule has 0 fully saturated rings. The number of rotatable bonds is 8. The van der Waals surface area contributed by atoms with Gasteiger partial charge in [0.25, 0.3) is 0 Å². The summed E-state index contributed by atoms with van der Waals surface area (Å²) >= 11 is 11.7. The van der Waals surface area contributed by atoms with E-state index in [1.165, 1.54) is 13.0 Å². The van der Waals surface area contributed by atoms with Gasteiger partial charge in [0.15, 0.2) is 0 Å². The van der Waals surface area contributed by atoms with Gasteiger partial charge in [-0.2, -0.15) is 0 Å². The molecule has 2 atom stereocenters. The summed E-state index contributed by atoms with van der Waals surface area (Å²) in [6.45, 7) is 1.54. The third-order valence-corrected chi connectivity index (χ3v) is 3.70. The zero-order valence-electron chi connectivity index (χ0n) is 12.2. The van der Waals surface area contributed by atoms with Gasteiger partial charge < -0.3 is 20.8 Å². The van der Waals surface area contributed by atoms with Gasteiger partial charge in [-0.15, -0.1) is 0 Å². The van der Waals surface area contributed by atoms with E-state index < -0.39 is 29.9 Å². The summed E-state index contributed by atoms with van der Waals surface area (Å²) in [6, 6.07) is 2.70. The molecular weight excluding hydrogens is 347 g/mol. The van der Waals surface area contributed by atoms with Gasteiger partial charge in [0, 0.05) is 12.1 Å². The zero-order valence-corrected chi connectivity index (χ0v) is 13.7. The lowest BCUT2D eigenvalue weighted by Crippen LogP contribution is -2.47. The fourth-order valence-electron chi connectivity index (χ4n) is 1.72. The molecule has 1 aromatic carbocycles. The van der Waals surface area contributed by atoms with Crippen molar-refractivity contribution < 1.29 is 24.6 Å². The van der Waals surface area contributed by atoms with E-state index in [-0.39, 0.29) is 12.8 Å². The summed E-state index contributed by atoms with van der Waals surface area (Å²) in [7, 11) is 0. The molecule has 7 nitrogen and oxygen atoms in total. The summed E-state index contributed by atoms with van der Waals surface area (Å²) in [5.41, 5.74) is 0.541. The Hall–Kier alpha value is -1.99. The number of halogens is 2. The van der Waals surface area contributed by atoms with Crippen LogP contribution in [-0.2, 0) is 14.4 Å². The van der Waals surface area contributed by atoms with Crippen LogP contribution in [-0.4, -0.2) is 40.1 Å². The molecule has 1 amide bonds. The van der Waals surface area contributed by atoms with Crippen molar-refractivity contribution >= 4 is 46.7 Å². The second-order valence-electron chi connectivity index (χ2n) is 4.83. The molecule has 0 aliphatic carbocycles. The molecule has 9 heteroatoms. The van der Waals surface area contributed by atoms with Crippen LogP contribution in [0.2, 0.25) is 10.0 Å². The Morgan fingerprint density at radius 3 is 2.35 bits per heavy atom. The van der Waals surface area contributed by atoms with Crippen molar-refractivity contribution in [1.29, 1.82) is 0 Å². The first kappa shape index (κ1) is 19.1. The third-order valence-electron chi connectivity index (χ3n) is 2.96. The first-order valence-corrected chi connectivity index (χ1v) is 7.43. The highest BCUT2D eigenvalue weighted by Gasteiger charge is 2.23. The van der Waals surface area contributed by atoms with Gasteiger partial charge in [-0.05, 0) is 31.5 Å². The highest BCUT2D eigenvalue weighted by atomic mass is 35.5. The minimum atomic E-state index is -1.29. The zero-order chi connectivity index (χ0) is 17.6. The van der Waals surface area contributed by atoms with Gasteiger partial charge >= 0.3 is 11.9 Å². The van der Waals surface area contributed by atoms with Gasteiger partial charge in [-0.3, -0.25) is 9.59 Å². The van der Waals surface area contributed by atoms with Crippen LogP contribution < -0.4 is 10.6 Å². The lowest BCUT2D eigenvalue weighted by atomic mass is 10.1. The Morgan fingerprint density at radius 1 is 1.17 bits per heavy atom. The summed E-state index contributed by atoms with van der Waals surface area (Å²) < 4.78 is 0. The number of anilines is 1. The second-order valence-corrected chi connectivity index (χ2v) is 5.64. The highest BCUT2D eigenvalue weighted by Crippen LogP contribution is 2.25. The summed E-state index contributed by atoms with van der Waals surface area (Å²) in [6.07, 6.45) is -0.554. The van der Waals surface area contributed by atoms with Crippen molar-refractivity contribution in [1.82, 2.24) is 5.32 Å². The van der Waals surface area contributed by atoms with Crippen LogP contribution in [0.25, 0.3) is 0 Å². The largest absolute Gasteiger partial charge is 0.481 e. The first-order chi connectivity index (χ1) is 10.7. The van der Waals surface area contributed by atoms with Crippen molar-refractivity contribution in [2.45, 2.75) is 31.8 Å². The Kier molecular flexibility index (Phi) is 7.12. The Morgan fingerprint density at radius 2 is 1.83 bits per heavy atom. The molecule has 0 bridgehead atoms. The molecule has 0 saturated carbocycles. The van der Waals surface area contributed by atoms with E-state index >= 15 is 0 Å². The summed E-state index contributed by atoms with van der Waals surface area (Å²) in [5, 5.41) is 23.4. The molecule has 4 N–H and O–H groups in total. The standard InChI is InChI=1S/C14H16Cl2N2O5/c1-7(17-8-2-3-9(15)10(16)6-8)13(21)18-11(14(22)23)4-5-12(19)20/h2-3,6-7,11,17H,4-5H2,1H3,(H,18,21)(H,19,20)(H,22,23)/t7-,11-/m0/s1. The van der Waals surface area contributed by atoms with Crippen LogP contribution in [0.15, 0.2) is 18.2 Å². The fourth-order valence-corrected chi connectivity index (χ4v) is 2.02. The van der Waals surface area contributed by atoms with Gasteiger partial charge in [-0.25, -0.2) is 4.79 Å². The van der Waals surface area contributed by atoms with Crippen molar-refractivity contribution in [3.63, 3.8) is 0 Å². The van der Waals surface area contributed by atoms with Crippen molar-refractivity contribution in [3.8, 4) is 0 Å². The molecule has 0 saturated heterocycles. The SMILES string of the molecule is C[C@H](Nc1ccc(Cl)c(Cl)c1)C(=O)N[C@@H](CCC(=O)O)C(=O)O. The van der Waals surface area contributed by atoms with E-state index in [0.717, 1.165) is 0 Å². The molecule has 1 aromatic rings. The average Bonchev–Trinajstić information content (AvgIpc) is 2.46. The predicted octanol–water partition coefficient (Wildman–Crippen LogP) is 2.23. The Bertz CT molecular complexity index is 609. The highest BCUT2D eigenvalue weighted by molar-refractivity contribution is 6.42. The number of carboxylic acids is 2. The molecule has 23 heavy (non-hydrogen) atoms. The molecule has 1 rings (SSSR count). The van der Waals surface area contributed by atoms with Crippen molar-refractivity contribution in [2.24, 2.45) is 0 Å². The molecule has 0 aliphatic rings. The van der Waals surface area contributed by atoms with E-state index in [1.807, 2.05) is 0 Å². The van der Waals surface area contributed by atoms with E-state index in [9.17, 15) is 14.4 Å². The molecule has 126 valence electrons. The van der Waals surface area contributed by atoms with Crippen LogP contribution in [0.5, 0.6) is 0 Å². The maximum atomic E-state index is 12.0. The maximum Gasteiger partial charge on any atom is 0.326 e. The van der Waals surface area contributed by atoms with E-state index in [2.05, 4.69) is 10.6 Å². The normalized spacial score (nSPS) is 13.0. The van der Waals surface area contributed by atoms with E-state index in [0.29, 0.717) is 15.7 Å². The molecular formula is C14H16Cl2N2O5. The van der Waals surface area contributed by atoms with Crippen LogP contribution in [0, 0.1) is 0 Å². The third kappa shape index (κ3) is 6.33. The number of nitrogens with one attached hydrogen (secondary N) is 2. The van der Waals surface area contributed by atoms with Crippen molar-refractivity contribution in [3.05, 3.63) is 28.2 Å². The molecule has 0 radical (unpaired) electrons. The smallest absolute Gasteiger partial charge is 0.326 e. The van der Waals surface area contributed by atoms with E-state index in [4.69, 9.17) is 33.4 Å². The van der Waals surface area contributed by atoms with Gasteiger partial charge in [0.05, 0.1) is 10.0 Å². The second kappa shape index (κ2) is 8.59. The quantitative estimate of drug-likeness (QED) is 0.563. The van der Waals surface area contributed by atoms with Crippen LogP contribution >= 0.6 is 23.2 Å². The van der Waals surface area contributed by atoms with Crippen LogP contribution in [0.4, 0.5) is 5.69 Å². The Labute approximate surface area is 142 Å². The van der Waals surface area contributed by atoms with Crippen LogP contribution in [0.1, 0.15) is 19.8 Å². The van der Waals surface area contributed by atoms with Crippen LogP contribution in [0.3, 0.4) is 0 Å². The number of carbonyl (C=O) groups excluding carboxylic acids is 1. The first-order valence-electron chi connectivity index (χ1n) is 6.67. The number of hydrogen-bond acceptors (Lipinski definition) is 4. The number of amides is 1. The predicted molar refractivity (Wildman–Crippen MR) is 86.0 cm³/mol. The van der Waals surface area contributed by atoms with E-state index in [1.54, 1.807) is 12.1 Å². The summed E-state index contributed by atoms with van der Waals surface area (Å²) in [5.74, 6) is -3.00. The Balaban J connectivity index is 2.65. The topological polar surface area (TPSA) is 116 Å². The minimum absolute atomic E-state index is 0.199. The van der Waals surface area contributed by atoms with Gasteiger partial charge in [0.1, 0.15) is 12.1 Å². The maximum absolute atomic E-state index is 12.0. The molecule has 0 unspecified atom stereocenters.